The molecule has 0 aliphatic heterocycles. The number of carbonyl (C=O) groups excluding carboxylic acids is 1. The molecule has 0 aliphatic carbocycles. The first-order valence-electron chi connectivity index (χ1n) is 6.28. The molecule has 0 saturated carbocycles. The number of nitrogens with zero attached hydrogens (tertiary/aromatic N) is 3. The predicted molar refractivity (Wildman–Crippen MR) is 76.1 cm³/mol. The number of pyridine rings is 1. The molecule has 1 amide bonds. The summed E-state index contributed by atoms with van der Waals surface area (Å²) in [5.41, 5.74) is 0.809. The fraction of sp³-hybridized carbons (Fsp3) is 0.385. The zero-order valence-corrected chi connectivity index (χ0v) is 12.2. The molecule has 0 spiro atoms. The van der Waals surface area contributed by atoms with Gasteiger partial charge in [0.1, 0.15) is 0 Å². The highest BCUT2D eigenvalue weighted by Gasteiger charge is 2.11. The molecule has 0 fully saturated rings. The maximum absolute atomic E-state index is 11.6. The van der Waals surface area contributed by atoms with Crippen LogP contribution < -0.4 is 5.32 Å². The minimum absolute atomic E-state index is 0.0349. The molecule has 2 heterocycles. The van der Waals surface area contributed by atoms with Crippen LogP contribution in [0.25, 0.3) is 11.5 Å². The highest BCUT2D eigenvalue weighted by molar-refractivity contribution is 7.99. The molecule has 2 rings (SSSR count). The molecule has 0 aromatic carbocycles. The molecule has 20 heavy (non-hydrogen) atoms. The van der Waals surface area contributed by atoms with Gasteiger partial charge in [-0.3, -0.25) is 9.78 Å². The first kappa shape index (κ1) is 14.5. The van der Waals surface area contributed by atoms with E-state index in [0.717, 1.165) is 5.56 Å². The number of rotatable bonds is 6. The van der Waals surface area contributed by atoms with E-state index in [1.54, 1.807) is 24.5 Å². The Bertz CT molecular complexity index is 557. The van der Waals surface area contributed by atoms with Crippen LogP contribution in [0.15, 0.2) is 34.2 Å². The minimum Gasteiger partial charge on any atom is -0.411 e. The summed E-state index contributed by atoms with van der Waals surface area (Å²) in [6.45, 7) is 4.77. The number of aromatic nitrogens is 3. The van der Waals surface area contributed by atoms with Gasteiger partial charge in [0.15, 0.2) is 0 Å². The van der Waals surface area contributed by atoms with Gasteiger partial charge in [0.05, 0.1) is 5.75 Å². The van der Waals surface area contributed by atoms with Crippen LogP contribution in [0.4, 0.5) is 0 Å². The molecule has 0 atom stereocenters. The van der Waals surface area contributed by atoms with Gasteiger partial charge in [-0.25, -0.2) is 0 Å². The lowest BCUT2D eigenvalue weighted by atomic mass is 10.2. The van der Waals surface area contributed by atoms with Crippen LogP contribution in [0, 0.1) is 5.92 Å². The van der Waals surface area contributed by atoms with Crippen molar-refractivity contribution in [1.29, 1.82) is 0 Å². The lowest BCUT2D eigenvalue weighted by Gasteiger charge is -2.05. The fourth-order valence-electron chi connectivity index (χ4n) is 1.38. The van der Waals surface area contributed by atoms with Crippen LogP contribution in [0.2, 0.25) is 0 Å². The highest BCUT2D eigenvalue weighted by atomic mass is 32.2. The standard InChI is InChI=1S/C13H16N4O2S/c1-9(2)7-15-11(18)8-20-13-17-16-12(19-13)10-3-5-14-6-4-10/h3-6,9H,7-8H2,1-2H3,(H,15,18). The van der Waals surface area contributed by atoms with E-state index in [-0.39, 0.29) is 11.7 Å². The van der Waals surface area contributed by atoms with Crippen LogP contribution in [0.5, 0.6) is 0 Å². The number of thioether (sulfide) groups is 1. The van der Waals surface area contributed by atoms with Gasteiger partial charge in [-0.05, 0) is 18.1 Å². The third kappa shape index (κ3) is 4.34. The Balaban J connectivity index is 1.86. The number of nitrogens with one attached hydrogen (secondary N) is 1. The number of hydrogen-bond donors (Lipinski definition) is 1. The van der Waals surface area contributed by atoms with Crippen molar-refractivity contribution in [3.8, 4) is 11.5 Å². The molecular weight excluding hydrogens is 276 g/mol. The van der Waals surface area contributed by atoms with Crippen molar-refractivity contribution < 1.29 is 9.21 Å². The Hall–Kier alpha value is -1.89. The van der Waals surface area contributed by atoms with Crippen LogP contribution in [0.3, 0.4) is 0 Å². The Labute approximate surface area is 121 Å². The van der Waals surface area contributed by atoms with E-state index in [9.17, 15) is 4.79 Å². The second-order valence-corrected chi connectivity index (χ2v) is 5.52. The third-order valence-electron chi connectivity index (χ3n) is 2.37. The van der Waals surface area contributed by atoms with Gasteiger partial charge < -0.3 is 9.73 Å². The van der Waals surface area contributed by atoms with Crippen molar-refractivity contribution in [2.75, 3.05) is 12.3 Å². The molecule has 2 aromatic rings. The third-order valence-corrected chi connectivity index (χ3v) is 3.19. The lowest BCUT2D eigenvalue weighted by molar-refractivity contribution is -0.118. The van der Waals surface area contributed by atoms with Gasteiger partial charge in [-0.2, -0.15) is 0 Å². The van der Waals surface area contributed by atoms with Crippen LogP contribution in [-0.2, 0) is 4.79 Å². The first-order chi connectivity index (χ1) is 9.65. The number of hydrogen-bond acceptors (Lipinski definition) is 6. The Morgan fingerprint density at radius 1 is 1.35 bits per heavy atom. The van der Waals surface area contributed by atoms with Gasteiger partial charge in [0, 0.05) is 24.5 Å². The zero-order chi connectivity index (χ0) is 14.4. The summed E-state index contributed by atoms with van der Waals surface area (Å²) in [5.74, 6) is 1.10. The van der Waals surface area contributed by atoms with Crippen LogP contribution in [-0.4, -0.2) is 33.4 Å². The maximum atomic E-state index is 11.6. The molecule has 0 bridgehead atoms. The summed E-state index contributed by atoms with van der Waals surface area (Å²) >= 11 is 1.23. The smallest absolute Gasteiger partial charge is 0.277 e. The normalized spacial score (nSPS) is 10.8. The van der Waals surface area contributed by atoms with Crippen molar-refractivity contribution in [3.05, 3.63) is 24.5 Å². The summed E-state index contributed by atoms with van der Waals surface area (Å²) in [4.78, 5) is 15.5. The van der Waals surface area contributed by atoms with E-state index in [2.05, 4.69) is 20.5 Å². The van der Waals surface area contributed by atoms with Crippen LogP contribution in [0.1, 0.15) is 13.8 Å². The average molecular weight is 292 g/mol. The molecule has 0 saturated heterocycles. The van der Waals surface area contributed by atoms with Gasteiger partial charge >= 0.3 is 0 Å². The fourth-order valence-corrected chi connectivity index (χ4v) is 1.97. The molecular formula is C13H16N4O2S. The van der Waals surface area contributed by atoms with Gasteiger partial charge in [-0.15, -0.1) is 10.2 Å². The predicted octanol–water partition coefficient (Wildman–Crippen LogP) is 2.00. The minimum atomic E-state index is -0.0349. The molecule has 2 aromatic heterocycles. The van der Waals surface area contributed by atoms with Crippen LogP contribution >= 0.6 is 11.8 Å². The summed E-state index contributed by atoms with van der Waals surface area (Å²) in [5, 5.41) is 11.1. The van der Waals surface area contributed by atoms with Crippen molar-refractivity contribution >= 4 is 17.7 Å². The monoisotopic (exact) mass is 292 g/mol. The van der Waals surface area contributed by atoms with Crippen molar-refractivity contribution in [2.45, 2.75) is 19.1 Å². The molecule has 1 N–H and O–H groups in total. The van der Waals surface area contributed by atoms with E-state index in [4.69, 9.17) is 4.42 Å². The van der Waals surface area contributed by atoms with Gasteiger partial charge in [0.2, 0.25) is 11.8 Å². The summed E-state index contributed by atoms with van der Waals surface area (Å²) in [7, 11) is 0. The van der Waals surface area contributed by atoms with Crippen molar-refractivity contribution in [2.24, 2.45) is 5.92 Å². The molecule has 6 nitrogen and oxygen atoms in total. The second kappa shape index (κ2) is 7.04. The lowest BCUT2D eigenvalue weighted by Crippen LogP contribution is -2.28. The van der Waals surface area contributed by atoms with E-state index < -0.39 is 0 Å². The Morgan fingerprint density at radius 3 is 2.80 bits per heavy atom. The highest BCUT2D eigenvalue weighted by Crippen LogP contribution is 2.22. The van der Waals surface area contributed by atoms with Gasteiger partial charge in [0.25, 0.3) is 5.22 Å². The zero-order valence-electron chi connectivity index (χ0n) is 11.4. The van der Waals surface area contributed by atoms with Gasteiger partial charge in [-0.1, -0.05) is 25.6 Å². The summed E-state index contributed by atoms with van der Waals surface area (Å²) in [6.07, 6.45) is 3.32. The molecule has 106 valence electrons. The van der Waals surface area contributed by atoms with Crippen molar-refractivity contribution in [1.82, 2.24) is 20.5 Å². The molecule has 0 unspecified atom stereocenters. The SMILES string of the molecule is CC(C)CNC(=O)CSc1nnc(-c2ccncc2)o1. The van der Waals surface area contributed by atoms with E-state index in [0.29, 0.717) is 23.6 Å². The van der Waals surface area contributed by atoms with E-state index in [1.807, 2.05) is 13.8 Å². The molecule has 7 heteroatoms. The Morgan fingerprint density at radius 2 is 2.10 bits per heavy atom. The first-order valence-corrected chi connectivity index (χ1v) is 7.27. The number of carbonyl (C=O) groups is 1. The summed E-state index contributed by atoms with van der Waals surface area (Å²) < 4.78 is 5.48. The average Bonchev–Trinajstić information content (AvgIpc) is 2.93. The quantitative estimate of drug-likeness (QED) is 0.820. The van der Waals surface area contributed by atoms with E-state index >= 15 is 0 Å². The second-order valence-electron chi connectivity index (χ2n) is 4.60. The van der Waals surface area contributed by atoms with E-state index in [1.165, 1.54) is 11.8 Å². The maximum Gasteiger partial charge on any atom is 0.277 e. The summed E-state index contributed by atoms with van der Waals surface area (Å²) in [6, 6.07) is 3.58. The number of amides is 1. The Kier molecular flexibility index (Phi) is 5.11. The largest absolute Gasteiger partial charge is 0.411 e. The molecule has 0 aliphatic rings. The van der Waals surface area contributed by atoms with Crippen molar-refractivity contribution in [3.63, 3.8) is 0 Å². The topological polar surface area (TPSA) is 80.9 Å². The molecule has 0 radical (unpaired) electrons.